The van der Waals surface area contributed by atoms with Crippen molar-refractivity contribution >= 4 is 11.4 Å². The van der Waals surface area contributed by atoms with Crippen LogP contribution in [0.15, 0.2) is 34.3 Å². The highest BCUT2D eigenvalue weighted by molar-refractivity contribution is 6.54. The fourth-order valence-electron chi connectivity index (χ4n) is 4.19. The van der Waals surface area contributed by atoms with Crippen LogP contribution in [0.25, 0.3) is 0 Å². The molecule has 0 unspecified atom stereocenters. The molecule has 158 valence electrons. The molecule has 0 aromatic heterocycles. The zero-order chi connectivity index (χ0) is 21.1. The molecule has 0 amide bonds. The zero-order valence-electron chi connectivity index (χ0n) is 18.1. The van der Waals surface area contributed by atoms with E-state index in [1.54, 1.807) is 28.4 Å². The molecule has 2 heterocycles. The smallest absolute Gasteiger partial charge is 0.161 e. The lowest BCUT2D eigenvalue weighted by atomic mass is 9.91. The third kappa shape index (κ3) is 3.62. The van der Waals surface area contributed by atoms with E-state index in [4.69, 9.17) is 28.9 Å². The van der Waals surface area contributed by atoms with E-state index in [1.165, 1.54) is 11.1 Å². The highest BCUT2D eigenvalue weighted by Gasteiger charge is 2.26. The van der Waals surface area contributed by atoms with Crippen molar-refractivity contribution in [3.05, 3.63) is 46.5 Å². The van der Waals surface area contributed by atoms with Gasteiger partial charge in [0.1, 0.15) is 0 Å². The molecule has 0 radical (unpaired) electrons. The molecule has 6 nitrogen and oxygen atoms in total. The van der Waals surface area contributed by atoms with Crippen molar-refractivity contribution in [1.29, 1.82) is 0 Å². The fourth-order valence-corrected chi connectivity index (χ4v) is 4.19. The minimum absolute atomic E-state index is 0.701. The Labute approximate surface area is 177 Å². The number of aliphatic imine (C=N–C) groups is 2. The molecule has 2 aliphatic rings. The first-order chi connectivity index (χ1) is 14.7. The maximum atomic E-state index is 5.58. The van der Waals surface area contributed by atoms with Gasteiger partial charge in [0.05, 0.1) is 39.9 Å². The Balaban J connectivity index is 1.90. The number of aryl methyl sites for hydroxylation is 2. The van der Waals surface area contributed by atoms with E-state index < -0.39 is 0 Å². The van der Waals surface area contributed by atoms with E-state index in [1.807, 2.05) is 12.1 Å². The van der Waals surface area contributed by atoms with E-state index in [9.17, 15) is 0 Å². The SMILES string of the molecule is COc1cc2c(cc1OC)C(C1=NCCCc3cc(OC)c(OC)cc31)=NCCC2. The van der Waals surface area contributed by atoms with Crippen LogP contribution in [0.5, 0.6) is 23.0 Å². The molecule has 0 aliphatic carbocycles. The topological polar surface area (TPSA) is 61.6 Å². The predicted molar refractivity (Wildman–Crippen MR) is 119 cm³/mol. The number of methoxy groups -OCH3 is 4. The van der Waals surface area contributed by atoms with Crippen LogP contribution in [0.4, 0.5) is 0 Å². The number of benzene rings is 2. The van der Waals surface area contributed by atoms with Crippen molar-refractivity contribution in [3.8, 4) is 23.0 Å². The normalized spacial score (nSPS) is 15.6. The predicted octanol–water partition coefficient (Wildman–Crippen LogP) is 3.89. The van der Waals surface area contributed by atoms with Crippen molar-refractivity contribution in [3.63, 3.8) is 0 Å². The largest absolute Gasteiger partial charge is 0.493 e. The Morgan fingerprint density at radius 3 is 1.30 bits per heavy atom. The van der Waals surface area contributed by atoms with Crippen LogP contribution < -0.4 is 18.9 Å². The van der Waals surface area contributed by atoms with Crippen molar-refractivity contribution in [1.82, 2.24) is 0 Å². The summed E-state index contributed by atoms with van der Waals surface area (Å²) in [5.74, 6) is 2.89. The standard InChI is InChI=1S/C24H28N2O4/c1-27-19-11-15-7-5-9-25-23(17(15)13-21(19)29-3)24-18-14-22(30-4)20(28-2)12-16(18)8-6-10-26-24/h11-14H,5-10H2,1-4H3. The molecule has 2 aromatic carbocycles. The minimum atomic E-state index is 0.701. The number of hydrogen-bond acceptors (Lipinski definition) is 6. The molecule has 0 fully saturated rings. The molecule has 2 aliphatic heterocycles. The number of nitrogens with zero attached hydrogens (tertiary/aromatic N) is 2. The van der Waals surface area contributed by atoms with Crippen LogP contribution in [0.3, 0.4) is 0 Å². The van der Waals surface area contributed by atoms with E-state index in [0.717, 1.165) is 72.8 Å². The lowest BCUT2D eigenvalue weighted by Crippen LogP contribution is -2.20. The number of hydrogen-bond donors (Lipinski definition) is 0. The maximum absolute atomic E-state index is 5.58. The number of fused-ring (bicyclic) bond motifs is 2. The second kappa shape index (κ2) is 8.78. The Morgan fingerprint density at radius 1 is 0.567 bits per heavy atom. The molecule has 6 heteroatoms. The van der Waals surface area contributed by atoms with Gasteiger partial charge in [0.2, 0.25) is 0 Å². The zero-order valence-corrected chi connectivity index (χ0v) is 18.1. The Bertz CT molecular complexity index is 929. The summed E-state index contributed by atoms with van der Waals surface area (Å²) in [6.45, 7) is 1.52. The summed E-state index contributed by atoms with van der Waals surface area (Å²) >= 11 is 0. The molecule has 2 aromatic rings. The Morgan fingerprint density at radius 2 is 0.933 bits per heavy atom. The monoisotopic (exact) mass is 408 g/mol. The summed E-state index contributed by atoms with van der Waals surface area (Å²) in [6.07, 6.45) is 3.85. The van der Waals surface area contributed by atoms with Gasteiger partial charge in [0.15, 0.2) is 23.0 Å². The van der Waals surface area contributed by atoms with Crippen LogP contribution in [0.1, 0.15) is 35.1 Å². The Hall–Kier alpha value is -3.02. The van der Waals surface area contributed by atoms with E-state index in [0.29, 0.717) is 11.5 Å². The van der Waals surface area contributed by atoms with Crippen LogP contribution in [-0.4, -0.2) is 53.0 Å². The second-order valence-corrected chi connectivity index (χ2v) is 7.40. The number of ether oxygens (including phenoxy) is 4. The molecular formula is C24H28N2O4. The van der Waals surface area contributed by atoms with Gasteiger partial charge in [-0.2, -0.15) is 0 Å². The van der Waals surface area contributed by atoms with Crippen LogP contribution in [0, 0.1) is 0 Å². The van der Waals surface area contributed by atoms with Gasteiger partial charge in [0.25, 0.3) is 0 Å². The quantitative estimate of drug-likeness (QED) is 0.753. The molecule has 4 rings (SSSR count). The van der Waals surface area contributed by atoms with E-state index >= 15 is 0 Å². The molecule has 0 spiro atoms. The molecular weight excluding hydrogens is 380 g/mol. The molecule has 30 heavy (non-hydrogen) atoms. The lowest BCUT2D eigenvalue weighted by Gasteiger charge is -2.18. The summed E-state index contributed by atoms with van der Waals surface area (Å²) in [5, 5.41) is 0. The van der Waals surface area contributed by atoms with Crippen molar-refractivity contribution in [2.24, 2.45) is 9.98 Å². The average molecular weight is 408 g/mol. The van der Waals surface area contributed by atoms with Gasteiger partial charge in [-0.3, -0.25) is 9.98 Å². The van der Waals surface area contributed by atoms with E-state index in [-0.39, 0.29) is 0 Å². The van der Waals surface area contributed by atoms with Crippen LogP contribution in [-0.2, 0) is 12.8 Å². The van der Waals surface area contributed by atoms with Gasteiger partial charge in [-0.15, -0.1) is 0 Å². The summed E-state index contributed by atoms with van der Waals surface area (Å²) in [6, 6.07) is 8.21. The minimum Gasteiger partial charge on any atom is -0.493 e. The van der Waals surface area contributed by atoms with Gasteiger partial charge in [-0.05, 0) is 61.1 Å². The van der Waals surface area contributed by atoms with E-state index in [2.05, 4.69) is 12.1 Å². The highest BCUT2D eigenvalue weighted by Crippen LogP contribution is 2.36. The Kier molecular flexibility index (Phi) is 5.93. The molecule has 0 saturated carbocycles. The maximum Gasteiger partial charge on any atom is 0.161 e. The van der Waals surface area contributed by atoms with Crippen LogP contribution >= 0.6 is 0 Å². The fraction of sp³-hybridized carbons (Fsp3) is 0.417. The molecule has 0 saturated heterocycles. The highest BCUT2D eigenvalue weighted by atomic mass is 16.5. The third-order valence-electron chi connectivity index (χ3n) is 5.70. The van der Waals surface area contributed by atoms with Gasteiger partial charge in [-0.25, -0.2) is 0 Å². The van der Waals surface area contributed by atoms with Crippen molar-refractivity contribution < 1.29 is 18.9 Å². The van der Waals surface area contributed by atoms with Crippen molar-refractivity contribution in [2.75, 3.05) is 41.5 Å². The molecule has 0 atom stereocenters. The third-order valence-corrected chi connectivity index (χ3v) is 5.70. The first kappa shape index (κ1) is 20.3. The number of rotatable bonds is 5. The summed E-state index contributed by atoms with van der Waals surface area (Å²) in [4.78, 5) is 9.95. The van der Waals surface area contributed by atoms with Gasteiger partial charge < -0.3 is 18.9 Å². The van der Waals surface area contributed by atoms with Gasteiger partial charge >= 0.3 is 0 Å². The summed E-state index contributed by atoms with van der Waals surface area (Å²) in [7, 11) is 6.66. The first-order valence-electron chi connectivity index (χ1n) is 10.3. The van der Waals surface area contributed by atoms with Crippen molar-refractivity contribution in [2.45, 2.75) is 25.7 Å². The molecule has 0 bridgehead atoms. The lowest BCUT2D eigenvalue weighted by molar-refractivity contribution is 0.354. The summed E-state index contributed by atoms with van der Waals surface area (Å²) < 4.78 is 22.2. The first-order valence-corrected chi connectivity index (χ1v) is 10.3. The van der Waals surface area contributed by atoms with Gasteiger partial charge in [0, 0.05) is 24.2 Å². The van der Waals surface area contributed by atoms with Crippen LogP contribution in [0.2, 0.25) is 0 Å². The second-order valence-electron chi connectivity index (χ2n) is 7.40. The van der Waals surface area contributed by atoms with Gasteiger partial charge in [-0.1, -0.05) is 0 Å². The summed E-state index contributed by atoms with van der Waals surface area (Å²) in [5.41, 5.74) is 6.37. The average Bonchev–Trinajstić information content (AvgIpc) is 3.12. The molecule has 0 N–H and O–H groups in total.